The van der Waals surface area contributed by atoms with Gasteiger partial charge in [0.2, 0.25) is 0 Å². The van der Waals surface area contributed by atoms with Crippen LogP contribution in [0.2, 0.25) is 0 Å². The van der Waals surface area contributed by atoms with Crippen molar-refractivity contribution in [2.45, 2.75) is 30.5 Å². The lowest BCUT2D eigenvalue weighted by atomic mass is 10.2. The molecule has 0 saturated heterocycles. The topological polar surface area (TPSA) is 89.5 Å². The maximum Gasteiger partial charge on any atom is 0.260 e. The molecule has 4 aromatic rings. The fraction of sp³-hybridized carbons (Fsp3) is 0.208. The summed E-state index contributed by atoms with van der Waals surface area (Å²) in [4.78, 5) is 24.1. The summed E-state index contributed by atoms with van der Waals surface area (Å²) in [6.07, 6.45) is 3.36. The Morgan fingerprint density at radius 3 is 2.64 bits per heavy atom. The number of sulfone groups is 1. The molecule has 0 fully saturated rings. The number of pyridine rings is 1. The average Bonchev–Trinajstić information content (AvgIpc) is 3.25. The lowest BCUT2D eigenvalue weighted by Gasteiger charge is -2.20. The van der Waals surface area contributed by atoms with Crippen molar-refractivity contribution in [3.05, 3.63) is 78.1 Å². The van der Waals surface area contributed by atoms with Crippen molar-refractivity contribution >= 4 is 42.4 Å². The number of aromatic nitrogens is 2. The first-order valence-electron chi connectivity index (χ1n) is 10.3. The van der Waals surface area contributed by atoms with E-state index in [2.05, 4.69) is 9.97 Å². The predicted octanol–water partition coefficient (Wildman–Crippen LogP) is 4.73. The molecule has 4 rings (SSSR count). The van der Waals surface area contributed by atoms with Gasteiger partial charge in [-0.3, -0.25) is 14.7 Å². The van der Waals surface area contributed by atoms with Gasteiger partial charge in [0.1, 0.15) is 5.75 Å². The second-order valence-corrected chi connectivity index (χ2v) is 11.2. The average molecular weight is 482 g/mol. The zero-order chi connectivity index (χ0) is 23.6. The van der Waals surface area contributed by atoms with E-state index in [1.807, 2.05) is 24.3 Å². The highest BCUT2D eigenvalue weighted by atomic mass is 32.2. The highest BCUT2D eigenvalue weighted by Crippen LogP contribution is 2.33. The number of methoxy groups -OCH3 is 1. The Morgan fingerprint density at radius 2 is 1.94 bits per heavy atom. The van der Waals surface area contributed by atoms with Crippen LogP contribution in [0.25, 0.3) is 10.2 Å². The molecule has 2 aromatic carbocycles. The predicted molar refractivity (Wildman–Crippen MR) is 130 cm³/mol. The summed E-state index contributed by atoms with van der Waals surface area (Å²) in [5, 5.41) is -0.0854. The first kappa shape index (κ1) is 22.9. The van der Waals surface area contributed by atoms with E-state index in [4.69, 9.17) is 4.74 Å². The normalized spacial score (nSPS) is 11.6. The third-order valence-corrected chi connectivity index (χ3v) is 8.36. The van der Waals surface area contributed by atoms with Gasteiger partial charge in [-0.2, -0.15) is 0 Å². The summed E-state index contributed by atoms with van der Waals surface area (Å²) < 4.78 is 31.5. The smallest absolute Gasteiger partial charge is 0.260 e. The molecule has 0 bridgehead atoms. The number of amides is 1. The van der Waals surface area contributed by atoms with Gasteiger partial charge in [0.15, 0.2) is 15.0 Å². The van der Waals surface area contributed by atoms with Gasteiger partial charge < -0.3 is 4.74 Å². The molecule has 9 heteroatoms. The molecule has 1 amide bonds. The molecule has 0 saturated carbocycles. The molecule has 0 radical (unpaired) electrons. The number of fused-ring (bicyclic) bond motifs is 1. The standard InChI is InChI=1S/C24H23N3O4S2/c1-16(2)33(29,30)20-8-4-7-18(12-20)23(28)27(15-17-6-5-11-25-14-17)24-26-21-13-19(31-3)9-10-22(21)32-24/h4-14,16H,15H2,1-3H3. The lowest BCUT2D eigenvalue weighted by molar-refractivity contribution is 0.0985. The quantitative estimate of drug-likeness (QED) is 0.379. The van der Waals surface area contributed by atoms with Crippen molar-refractivity contribution in [1.82, 2.24) is 9.97 Å². The number of carbonyl (C=O) groups is 1. The Morgan fingerprint density at radius 1 is 1.12 bits per heavy atom. The zero-order valence-corrected chi connectivity index (χ0v) is 20.1. The summed E-state index contributed by atoms with van der Waals surface area (Å²) in [6, 6.07) is 15.4. The van der Waals surface area contributed by atoms with Crippen molar-refractivity contribution in [2.24, 2.45) is 0 Å². The van der Waals surface area contributed by atoms with Gasteiger partial charge in [-0.25, -0.2) is 13.4 Å². The Balaban J connectivity index is 1.78. The maximum absolute atomic E-state index is 13.7. The van der Waals surface area contributed by atoms with Crippen molar-refractivity contribution < 1.29 is 17.9 Å². The number of thiazole rings is 1. The van der Waals surface area contributed by atoms with E-state index in [1.165, 1.54) is 23.5 Å². The molecule has 0 N–H and O–H groups in total. The van der Waals surface area contributed by atoms with E-state index in [0.717, 1.165) is 15.8 Å². The van der Waals surface area contributed by atoms with Gasteiger partial charge >= 0.3 is 0 Å². The minimum atomic E-state index is -3.52. The summed E-state index contributed by atoms with van der Waals surface area (Å²) in [5.74, 6) is 0.335. The van der Waals surface area contributed by atoms with Crippen molar-refractivity contribution in [3.63, 3.8) is 0 Å². The molecular weight excluding hydrogens is 458 g/mol. The number of nitrogens with zero attached hydrogens (tertiary/aromatic N) is 3. The Labute approximate surface area is 196 Å². The third kappa shape index (κ3) is 4.74. The summed E-state index contributed by atoms with van der Waals surface area (Å²) in [5.41, 5.74) is 1.82. The first-order valence-corrected chi connectivity index (χ1v) is 12.6. The maximum atomic E-state index is 13.7. The SMILES string of the molecule is COc1ccc2sc(N(Cc3cccnc3)C(=O)c3cccc(S(=O)(=O)C(C)C)c3)nc2c1. The summed E-state index contributed by atoms with van der Waals surface area (Å²) >= 11 is 1.38. The van der Waals surface area contributed by atoms with E-state index >= 15 is 0 Å². The van der Waals surface area contributed by atoms with Crippen LogP contribution >= 0.6 is 11.3 Å². The molecule has 2 aromatic heterocycles. The van der Waals surface area contributed by atoms with Crippen LogP contribution in [-0.4, -0.2) is 36.7 Å². The van der Waals surface area contributed by atoms with Gasteiger partial charge in [-0.1, -0.05) is 23.5 Å². The number of carbonyl (C=O) groups excluding carboxylic acids is 1. The third-order valence-electron chi connectivity index (χ3n) is 5.15. The number of hydrogen-bond donors (Lipinski definition) is 0. The number of anilines is 1. The second kappa shape index (κ2) is 9.29. The van der Waals surface area contributed by atoms with Crippen LogP contribution < -0.4 is 9.64 Å². The van der Waals surface area contributed by atoms with E-state index in [9.17, 15) is 13.2 Å². The second-order valence-electron chi connectivity index (χ2n) is 7.70. The molecule has 170 valence electrons. The van der Waals surface area contributed by atoms with Crippen LogP contribution in [0.4, 0.5) is 5.13 Å². The number of ether oxygens (including phenoxy) is 1. The molecule has 0 aliphatic heterocycles. The Kier molecular flexibility index (Phi) is 6.44. The molecule has 33 heavy (non-hydrogen) atoms. The molecule has 7 nitrogen and oxygen atoms in total. The van der Waals surface area contributed by atoms with Crippen LogP contribution in [0.1, 0.15) is 29.8 Å². The van der Waals surface area contributed by atoms with Crippen molar-refractivity contribution in [3.8, 4) is 5.75 Å². The lowest BCUT2D eigenvalue weighted by Crippen LogP contribution is -2.30. The fourth-order valence-electron chi connectivity index (χ4n) is 3.27. The molecule has 2 heterocycles. The van der Waals surface area contributed by atoms with E-state index in [1.54, 1.807) is 56.4 Å². The summed E-state index contributed by atoms with van der Waals surface area (Å²) in [7, 11) is -1.93. The molecule has 0 atom stereocenters. The molecule has 0 aliphatic carbocycles. The Bertz CT molecular complexity index is 1400. The van der Waals surface area contributed by atoms with E-state index in [-0.39, 0.29) is 22.9 Å². The fourth-order valence-corrected chi connectivity index (χ4v) is 5.32. The summed E-state index contributed by atoms with van der Waals surface area (Å²) in [6.45, 7) is 3.48. The van der Waals surface area contributed by atoms with E-state index < -0.39 is 15.1 Å². The Hall–Kier alpha value is -3.30. The van der Waals surface area contributed by atoms with E-state index in [0.29, 0.717) is 10.9 Å². The van der Waals surface area contributed by atoms with Crippen LogP contribution in [0.15, 0.2) is 71.9 Å². The van der Waals surface area contributed by atoms with Gasteiger partial charge in [0.05, 0.1) is 34.0 Å². The van der Waals surface area contributed by atoms with Crippen LogP contribution in [-0.2, 0) is 16.4 Å². The highest BCUT2D eigenvalue weighted by Gasteiger charge is 2.25. The van der Waals surface area contributed by atoms with Crippen LogP contribution in [0.3, 0.4) is 0 Å². The monoisotopic (exact) mass is 481 g/mol. The largest absolute Gasteiger partial charge is 0.497 e. The van der Waals surface area contributed by atoms with Gasteiger partial charge in [0.25, 0.3) is 5.91 Å². The number of hydrogen-bond acceptors (Lipinski definition) is 7. The zero-order valence-electron chi connectivity index (χ0n) is 18.4. The molecule has 0 aliphatic rings. The van der Waals surface area contributed by atoms with Gasteiger partial charge in [-0.15, -0.1) is 0 Å². The van der Waals surface area contributed by atoms with Gasteiger partial charge in [0, 0.05) is 24.0 Å². The number of benzene rings is 2. The van der Waals surface area contributed by atoms with Gasteiger partial charge in [-0.05, 0) is 55.8 Å². The number of rotatable bonds is 7. The van der Waals surface area contributed by atoms with Crippen molar-refractivity contribution in [1.29, 1.82) is 0 Å². The molecule has 0 unspecified atom stereocenters. The molecule has 0 spiro atoms. The van der Waals surface area contributed by atoms with Crippen LogP contribution in [0, 0.1) is 0 Å². The minimum absolute atomic E-state index is 0.124. The first-order chi connectivity index (χ1) is 15.8. The minimum Gasteiger partial charge on any atom is -0.497 e. The highest BCUT2D eigenvalue weighted by molar-refractivity contribution is 7.92. The van der Waals surface area contributed by atoms with Crippen LogP contribution in [0.5, 0.6) is 5.75 Å². The van der Waals surface area contributed by atoms with Crippen molar-refractivity contribution in [2.75, 3.05) is 12.0 Å². The molecular formula is C24H23N3O4S2.